The zero-order valence-corrected chi connectivity index (χ0v) is 13.6. The van der Waals surface area contributed by atoms with Crippen LogP contribution in [-0.2, 0) is 11.3 Å². The molecule has 0 saturated carbocycles. The second-order valence-electron chi connectivity index (χ2n) is 5.20. The van der Waals surface area contributed by atoms with Crippen molar-refractivity contribution in [2.45, 2.75) is 39.3 Å². The molecular weight excluding hydrogens is 328 g/mol. The Morgan fingerprint density at radius 3 is 2.78 bits per heavy atom. The fraction of sp³-hybridized carbons (Fsp3) is 0.500. The first kappa shape index (κ1) is 17.4. The Hall–Kier alpha value is -1.96. The molecule has 0 saturated heterocycles. The number of halogens is 3. The summed E-state index contributed by atoms with van der Waals surface area (Å²) in [6.07, 6.45) is 1.27. The van der Waals surface area contributed by atoms with Gasteiger partial charge < -0.3 is 5.32 Å². The van der Waals surface area contributed by atoms with Gasteiger partial charge in [-0.2, -0.15) is 10.2 Å². The van der Waals surface area contributed by atoms with E-state index < -0.39 is 12.5 Å². The van der Waals surface area contributed by atoms with Gasteiger partial charge in [-0.05, 0) is 26.3 Å². The highest BCUT2D eigenvalue weighted by Crippen LogP contribution is 2.20. The third kappa shape index (κ3) is 4.51. The molecule has 2 aromatic rings. The van der Waals surface area contributed by atoms with E-state index in [1.165, 1.54) is 10.7 Å². The van der Waals surface area contributed by atoms with E-state index in [0.29, 0.717) is 30.2 Å². The monoisotopic (exact) mass is 345 g/mol. The molecule has 1 N–H and O–H groups in total. The van der Waals surface area contributed by atoms with Crippen LogP contribution in [0.4, 0.5) is 8.78 Å². The summed E-state index contributed by atoms with van der Waals surface area (Å²) in [6.45, 7) is 4.34. The predicted molar refractivity (Wildman–Crippen MR) is 81.5 cm³/mol. The van der Waals surface area contributed by atoms with Crippen LogP contribution in [0.2, 0.25) is 5.02 Å². The molecule has 0 spiro atoms. The van der Waals surface area contributed by atoms with Crippen molar-refractivity contribution in [3.8, 4) is 0 Å². The molecule has 0 radical (unpaired) electrons. The van der Waals surface area contributed by atoms with Crippen LogP contribution < -0.4 is 5.32 Å². The highest BCUT2D eigenvalue weighted by molar-refractivity contribution is 6.30. The molecule has 1 amide bonds. The number of carbonyl (C=O) groups excluding carboxylic acids is 1. The molecular formula is C14H18ClF2N5O. The van der Waals surface area contributed by atoms with Crippen LogP contribution in [0.3, 0.4) is 0 Å². The van der Waals surface area contributed by atoms with E-state index in [9.17, 15) is 13.6 Å². The maximum Gasteiger partial charge on any atom is 0.282 e. The molecule has 23 heavy (non-hydrogen) atoms. The maximum absolute atomic E-state index is 12.6. The van der Waals surface area contributed by atoms with Crippen molar-refractivity contribution in [2.24, 2.45) is 0 Å². The summed E-state index contributed by atoms with van der Waals surface area (Å²) < 4.78 is 28.3. The Labute approximate surface area is 137 Å². The summed E-state index contributed by atoms with van der Waals surface area (Å²) in [5.41, 5.74) is 0.201. The first-order valence-corrected chi connectivity index (χ1v) is 7.56. The number of aromatic nitrogens is 4. The van der Waals surface area contributed by atoms with Gasteiger partial charge in [0.25, 0.3) is 6.43 Å². The number of nitrogens with zero attached hydrogens (tertiary/aromatic N) is 4. The van der Waals surface area contributed by atoms with Gasteiger partial charge in [0, 0.05) is 25.0 Å². The minimum atomic E-state index is -2.65. The lowest BCUT2D eigenvalue weighted by Crippen LogP contribution is -2.33. The number of carbonyl (C=O) groups is 1. The largest absolute Gasteiger partial charge is 0.354 e. The highest BCUT2D eigenvalue weighted by atomic mass is 35.5. The highest BCUT2D eigenvalue weighted by Gasteiger charge is 2.20. The minimum absolute atomic E-state index is 0.268. The fourth-order valence-corrected chi connectivity index (χ4v) is 2.34. The van der Waals surface area contributed by atoms with Crippen LogP contribution in [0, 0.1) is 6.92 Å². The molecule has 9 heteroatoms. The predicted octanol–water partition coefficient (Wildman–Crippen LogP) is 2.75. The Morgan fingerprint density at radius 1 is 1.48 bits per heavy atom. The molecule has 2 heterocycles. The molecule has 0 fully saturated rings. The van der Waals surface area contributed by atoms with Gasteiger partial charge in [0.1, 0.15) is 11.7 Å². The van der Waals surface area contributed by atoms with Crippen molar-refractivity contribution in [2.75, 3.05) is 6.54 Å². The van der Waals surface area contributed by atoms with Crippen molar-refractivity contribution in [1.29, 1.82) is 0 Å². The summed E-state index contributed by atoms with van der Waals surface area (Å²) in [7, 11) is 0. The van der Waals surface area contributed by atoms with Gasteiger partial charge in [-0.25, -0.2) is 8.78 Å². The van der Waals surface area contributed by atoms with E-state index >= 15 is 0 Å². The van der Waals surface area contributed by atoms with E-state index in [0.717, 1.165) is 0 Å². The Balaban J connectivity index is 1.83. The second kappa shape index (κ2) is 7.54. The molecule has 0 aliphatic carbocycles. The Bertz CT molecular complexity index is 670. The van der Waals surface area contributed by atoms with Crippen LogP contribution in [0.5, 0.6) is 0 Å². The van der Waals surface area contributed by atoms with E-state index in [-0.39, 0.29) is 11.6 Å². The van der Waals surface area contributed by atoms with Gasteiger partial charge in [-0.3, -0.25) is 14.2 Å². The molecule has 1 unspecified atom stereocenters. The van der Waals surface area contributed by atoms with Crippen LogP contribution >= 0.6 is 11.6 Å². The third-order valence-electron chi connectivity index (χ3n) is 3.38. The lowest BCUT2D eigenvalue weighted by atomic mass is 10.3. The van der Waals surface area contributed by atoms with Crippen LogP contribution in [0.25, 0.3) is 0 Å². The molecule has 0 aromatic carbocycles. The minimum Gasteiger partial charge on any atom is -0.354 e. The zero-order chi connectivity index (χ0) is 17.0. The van der Waals surface area contributed by atoms with Crippen molar-refractivity contribution in [1.82, 2.24) is 24.9 Å². The molecule has 0 bridgehead atoms. The van der Waals surface area contributed by atoms with Gasteiger partial charge in [0.2, 0.25) is 5.91 Å². The number of rotatable bonds is 7. The normalized spacial score (nSPS) is 12.6. The summed E-state index contributed by atoms with van der Waals surface area (Å²) in [4.78, 5) is 12.1. The van der Waals surface area contributed by atoms with E-state index in [4.69, 9.17) is 11.6 Å². The fourth-order valence-electron chi connectivity index (χ4n) is 2.18. The molecule has 0 aliphatic heterocycles. The molecule has 0 aliphatic rings. The smallest absolute Gasteiger partial charge is 0.282 e. The second-order valence-corrected chi connectivity index (χ2v) is 5.63. The standard InChI is InChI=1S/C14H18ClF2N5O/c1-9-6-12(13(16)17)20-22(9)10(2)14(23)18-4-3-5-21-8-11(15)7-19-21/h6-8,10,13H,3-5H2,1-2H3,(H,18,23). The molecule has 2 aromatic heterocycles. The summed E-state index contributed by atoms with van der Waals surface area (Å²) in [5.74, 6) is -0.268. The van der Waals surface area contributed by atoms with Gasteiger partial charge in [0.05, 0.1) is 11.2 Å². The molecule has 1 atom stereocenters. The summed E-state index contributed by atoms with van der Waals surface area (Å²) >= 11 is 5.76. The number of amides is 1. The lowest BCUT2D eigenvalue weighted by molar-refractivity contribution is -0.124. The average molecular weight is 346 g/mol. The van der Waals surface area contributed by atoms with Crippen molar-refractivity contribution in [3.63, 3.8) is 0 Å². The molecule has 126 valence electrons. The third-order valence-corrected chi connectivity index (χ3v) is 3.57. The zero-order valence-electron chi connectivity index (χ0n) is 12.8. The van der Waals surface area contributed by atoms with Crippen molar-refractivity contribution >= 4 is 17.5 Å². The van der Waals surface area contributed by atoms with Crippen LogP contribution in [-0.4, -0.2) is 32.0 Å². The average Bonchev–Trinajstić information content (AvgIpc) is 3.08. The number of hydrogen-bond acceptors (Lipinski definition) is 3. The summed E-state index contributed by atoms with van der Waals surface area (Å²) in [6, 6.07) is 0.636. The van der Waals surface area contributed by atoms with Gasteiger partial charge in [-0.1, -0.05) is 11.6 Å². The number of nitrogens with one attached hydrogen (secondary N) is 1. The Morgan fingerprint density at radius 2 is 2.22 bits per heavy atom. The van der Waals surface area contributed by atoms with Crippen molar-refractivity contribution in [3.05, 3.63) is 34.9 Å². The van der Waals surface area contributed by atoms with Crippen molar-refractivity contribution < 1.29 is 13.6 Å². The number of hydrogen-bond donors (Lipinski definition) is 1. The topological polar surface area (TPSA) is 64.7 Å². The summed E-state index contributed by atoms with van der Waals surface area (Å²) in [5, 5.41) is 11.1. The lowest BCUT2D eigenvalue weighted by Gasteiger charge is -2.14. The Kier molecular flexibility index (Phi) is 5.70. The number of alkyl halides is 2. The van der Waals surface area contributed by atoms with Crippen LogP contribution in [0.1, 0.15) is 37.2 Å². The van der Waals surface area contributed by atoms with Gasteiger partial charge in [0.15, 0.2) is 0 Å². The molecule has 6 nitrogen and oxygen atoms in total. The van der Waals surface area contributed by atoms with Gasteiger partial charge >= 0.3 is 0 Å². The van der Waals surface area contributed by atoms with E-state index in [1.54, 1.807) is 30.9 Å². The van der Waals surface area contributed by atoms with Crippen LogP contribution in [0.15, 0.2) is 18.5 Å². The number of aryl methyl sites for hydroxylation is 2. The first-order valence-electron chi connectivity index (χ1n) is 7.18. The SMILES string of the molecule is Cc1cc(C(F)F)nn1C(C)C(=O)NCCCn1cc(Cl)cn1. The first-order chi connectivity index (χ1) is 10.9. The molecule has 2 rings (SSSR count). The van der Waals surface area contributed by atoms with E-state index in [1.807, 2.05) is 0 Å². The van der Waals surface area contributed by atoms with E-state index in [2.05, 4.69) is 15.5 Å². The quantitative estimate of drug-likeness (QED) is 0.785. The maximum atomic E-state index is 12.6. The van der Waals surface area contributed by atoms with Gasteiger partial charge in [-0.15, -0.1) is 0 Å².